The van der Waals surface area contributed by atoms with Crippen LogP contribution in [-0.2, 0) is 6.54 Å². The third kappa shape index (κ3) is 4.93. The molecule has 5 nitrogen and oxygen atoms in total. The first-order valence-corrected chi connectivity index (χ1v) is 5.09. The van der Waals surface area contributed by atoms with Gasteiger partial charge in [0, 0.05) is 0 Å². The van der Waals surface area contributed by atoms with Gasteiger partial charge in [-0.1, -0.05) is 30.3 Å². The van der Waals surface area contributed by atoms with Crippen LogP contribution in [0.15, 0.2) is 35.6 Å². The number of hydrogen-bond acceptors (Lipinski definition) is 2. The van der Waals surface area contributed by atoms with Crippen molar-refractivity contribution in [1.29, 1.82) is 0 Å². The molecule has 0 heterocycles. The Hall–Kier alpha value is -0.780. The van der Waals surface area contributed by atoms with E-state index >= 15 is 0 Å². The number of benzene rings is 1. The summed E-state index contributed by atoms with van der Waals surface area (Å²) >= 11 is 0. The molecule has 0 aromatic heterocycles. The quantitative estimate of drug-likeness (QED) is 0.344. The average Bonchev–Trinajstić information content (AvgIpc) is 2.25. The van der Waals surface area contributed by atoms with E-state index in [4.69, 9.17) is 5.21 Å². The second-order valence-electron chi connectivity index (χ2n) is 4.56. The molecular weight excluding hydrogens is 229 g/mol. The van der Waals surface area contributed by atoms with E-state index in [1.807, 2.05) is 51.1 Å². The fourth-order valence-corrected chi connectivity index (χ4v) is 1.36. The Bertz CT molecular complexity index is 368. The van der Waals surface area contributed by atoms with Gasteiger partial charge in [0.1, 0.15) is 6.54 Å². The molecule has 0 radical (unpaired) electrons. The molecule has 6 heteroatoms. The van der Waals surface area contributed by atoms with E-state index in [0.717, 1.165) is 5.56 Å². The normalized spacial score (nSPS) is 11.8. The van der Waals surface area contributed by atoms with Crippen LogP contribution in [0.1, 0.15) is 27.8 Å². The minimum absolute atomic E-state index is 0. The minimum atomic E-state index is -0.413. The molecule has 90 valence electrons. The first-order chi connectivity index (χ1) is 7.45. The van der Waals surface area contributed by atoms with Crippen molar-refractivity contribution in [3.05, 3.63) is 41.1 Å². The van der Waals surface area contributed by atoms with Crippen LogP contribution in [-0.4, -0.2) is 20.7 Å². The van der Waals surface area contributed by atoms with Gasteiger partial charge < -0.3 is 11.8 Å². The molecule has 0 amide bonds. The van der Waals surface area contributed by atoms with Crippen molar-refractivity contribution >= 4 is 0 Å². The maximum absolute atomic E-state index is 11.4. The van der Waals surface area contributed by atoms with Gasteiger partial charge in [-0.15, -0.1) is 5.01 Å². The summed E-state index contributed by atoms with van der Waals surface area (Å²) in [7, 11) is 0. The number of nitrogens with zero attached hydrogens (tertiary/aromatic N) is 3. The Balaban J connectivity index is 0. The smallest absolute Gasteiger partial charge is 1.00 e. The van der Waals surface area contributed by atoms with Crippen molar-refractivity contribution in [1.82, 2.24) is 5.01 Å². The summed E-state index contributed by atoms with van der Waals surface area (Å²) in [4.78, 5) is 0.215. The van der Waals surface area contributed by atoms with Crippen LogP contribution in [0.2, 0.25) is 0 Å². The van der Waals surface area contributed by atoms with E-state index in [0.29, 0.717) is 6.54 Å². The van der Waals surface area contributed by atoms with Crippen molar-refractivity contribution in [3.8, 4) is 0 Å². The first-order valence-electron chi connectivity index (χ1n) is 5.09. The van der Waals surface area contributed by atoms with Gasteiger partial charge in [0.2, 0.25) is 5.28 Å². The topological polar surface area (TPSA) is 61.9 Å². The summed E-state index contributed by atoms with van der Waals surface area (Å²) in [6.45, 7) is 6.04. The van der Waals surface area contributed by atoms with Gasteiger partial charge in [-0.05, 0) is 26.3 Å². The predicted octanol–water partition coefficient (Wildman–Crippen LogP) is -0.330. The molecule has 1 N–H and O–H groups in total. The van der Waals surface area contributed by atoms with Crippen molar-refractivity contribution in [2.24, 2.45) is 5.28 Å². The average molecular weight is 247 g/mol. The number of hydrazine groups is 1. The zero-order valence-corrected chi connectivity index (χ0v) is 12.8. The summed E-state index contributed by atoms with van der Waals surface area (Å²) in [5.41, 5.74) is 0.575. The second kappa shape index (κ2) is 6.83. The molecule has 0 saturated carbocycles. The molecule has 0 fully saturated rings. The summed E-state index contributed by atoms with van der Waals surface area (Å²) in [6, 6.07) is 9.56. The summed E-state index contributed by atoms with van der Waals surface area (Å²) < 4.78 is 0. The summed E-state index contributed by atoms with van der Waals surface area (Å²) in [6.07, 6.45) is 0. The van der Waals surface area contributed by atoms with Gasteiger partial charge in [0.25, 0.3) is 0 Å². The van der Waals surface area contributed by atoms with E-state index in [2.05, 4.69) is 5.28 Å². The fraction of sp³-hybridized carbons (Fsp3) is 0.455. The molecule has 1 aromatic rings. The largest absolute Gasteiger partial charge is 1.00 e. The maximum Gasteiger partial charge on any atom is 1.00 e. The van der Waals surface area contributed by atoms with Gasteiger partial charge in [-0.2, -0.15) is 0 Å². The first kappa shape index (κ1) is 16.2. The molecule has 0 aliphatic carbocycles. The third-order valence-electron chi connectivity index (χ3n) is 2.23. The number of rotatable bonds is 3. The molecule has 17 heavy (non-hydrogen) atoms. The van der Waals surface area contributed by atoms with Gasteiger partial charge in [-0.25, -0.2) is 0 Å². The number of hydrogen-bond donors (Lipinski definition) is 1. The molecule has 0 aliphatic rings. The molecule has 0 spiro atoms. The van der Waals surface area contributed by atoms with E-state index in [1.54, 1.807) is 0 Å². The van der Waals surface area contributed by atoms with E-state index in [1.165, 1.54) is 5.01 Å². The summed E-state index contributed by atoms with van der Waals surface area (Å²) in [5.74, 6) is 0. The molecule has 0 atom stereocenters. The Morgan fingerprint density at radius 2 is 1.88 bits per heavy atom. The van der Waals surface area contributed by atoms with Crippen molar-refractivity contribution in [2.45, 2.75) is 32.9 Å². The van der Waals surface area contributed by atoms with E-state index < -0.39 is 5.54 Å². The van der Waals surface area contributed by atoms with Crippen LogP contribution >= 0.6 is 0 Å². The van der Waals surface area contributed by atoms with Crippen LogP contribution < -0.4 is 29.6 Å². The van der Waals surface area contributed by atoms with Crippen LogP contribution in [0, 0.1) is 5.21 Å². The zero-order chi connectivity index (χ0) is 12.2. The van der Waals surface area contributed by atoms with Gasteiger partial charge >= 0.3 is 29.6 Å². The third-order valence-corrected chi connectivity index (χ3v) is 2.23. The van der Waals surface area contributed by atoms with E-state index in [-0.39, 0.29) is 36.0 Å². The maximum atomic E-state index is 11.4. The second-order valence-corrected chi connectivity index (χ2v) is 4.56. The Morgan fingerprint density at radius 3 is 2.29 bits per heavy atom. The van der Waals surface area contributed by atoms with Crippen LogP contribution in [0.4, 0.5) is 0 Å². The molecule has 0 bridgehead atoms. The monoisotopic (exact) mass is 247 g/mol. The SMILES string of the molecule is CC(C)(C)N(Cc1ccccc1)[N+]([O-])=NO.[H-].[Na+]. The molecular formula is C11H18N3NaO2. The molecule has 0 aliphatic heterocycles. The predicted molar refractivity (Wildman–Crippen MR) is 60.7 cm³/mol. The van der Waals surface area contributed by atoms with Gasteiger partial charge in [-0.3, -0.25) is 0 Å². The van der Waals surface area contributed by atoms with Gasteiger partial charge in [0.05, 0.1) is 10.5 Å². The molecule has 0 unspecified atom stereocenters. The van der Waals surface area contributed by atoms with Crippen LogP contribution in [0.5, 0.6) is 0 Å². The standard InChI is InChI=1S/C11H17N3O2.Na.H/c1-11(2,3)13(14(16)12-15)9-10-7-5-4-6-8-10;;/h4-8,15H,9H2,1-3H3;;/q;+1;-1. The van der Waals surface area contributed by atoms with Crippen LogP contribution in [0.3, 0.4) is 0 Å². The van der Waals surface area contributed by atoms with Crippen molar-refractivity contribution < 1.29 is 41.2 Å². The molecule has 1 aromatic carbocycles. The van der Waals surface area contributed by atoms with Gasteiger partial charge in [0.15, 0.2) is 0 Å². The Morgan fingerprint density at radius 1 is 1.35 bits per heavy atom. The van der Waals surface area contributed by atoms with E-state index in [9.17, 15) is 5.21 Å². The molecule has 1 rings (SSSR count). The molecule has 0 saturated heterocycles. The van der Waals surface area contributed by atoms with Crippen molar-refractivity contribution in [2.75, 3.05) is 0 Å². The Labute approximate surface area is 125 Å². The summed E-state index contributed by atoms with van der Waals surface area (Å²) in [5, 5.41) is 24.0. The van der Waals surface area contributed by atoms with Crippen LogP contribution in [0.25, 0.3) is 0 Å². The fourth-order valence-electron chi connectivity index (χ4n) is 1.36. The minimum Gasteiger partial charge on any atom is -1.00 e. The Kier molecular flexibility index (Phi) is 6.52. The van der Waals surface area contributed by atoms with Crippen molar-refractivity contribution in [3.63, 3.8) is 0 Å². The zero-order valence-electron chi connectivity index (χ0n) is 11.8.